The summed E-state index contributed by atoms with van der Waals surface area (Å²) in [5.74, 6) is -10.1. The normalized spacial score (nSPS) is 24.0. The number of carbonyl (C=O) groups excluding carboxylic acids is 8. The lowest BCUT2D eigenvalue weighted by Gasteiger charge is -2.29. The maximum absolute atomic E-state index is 14.2. The number of cyclic esters (lactones) is 1. The van der Waals surface area contributed by atoms with Crippen molar-refractivity contribution in [3.05, 3.63) is 0 Å². The fraction of sp³-hybridized carbons (Fsp3) is 0.811. The highest BCUT2D eigenvalue weighted by atomic mass is 16.5. The van der Waals surface area contributed by atoms with Gasteiger partial charge in [0.05, 0.1) is 12.8 Å². The van der Waals surface area contributed by atoms with E-state index in [0.717, 1.165) is 44.9 Å². The van der Waals surface area contributed by atoms with Gasteiger partial charge in [-0.2, -0.15) is 0 Å². The lowest BCUT2D eigenvalue weighted by Crippen LogP contribution is -2.61. The summed E-state index contributed by atoms with van der Waals surface area (Å²) in [7, 11) is 0. The van der Waals surface area contributed by atoms with Crippen LogP contribution in [0.1, 0.15) is 192 Å². The first-order valence-electron chi connectivity index (χ1n) is 26.8. The Morgan fingerprint density at radius 3 is 1.29 bits per heavy atom. The van der Waals surface area contributed by atoms with Gasteiger partial charge < -0.3 is 52.2 Å². The summed E-state index contributed by atoms with van der Waals surface area (Å²) in [6.07, 6.45) is 5.02. The molecule has 3 unspecified atom stereocenters. The average Bonchev–Trinajstić information content (AvgIpc) is 3.26. The quantitative estimate of drug-likeness (QED) is 0.0453. The molecule has 1 fully saturated rings. The Morgan fingerprint density at radius 1 is 0.452 bits per heavy atom. The molecule has 1 aliphatic rings. The molecule has 1 saturated heterocycles. The van der Waals surface area contributed by atoms with Crippen molar-refractivity contribution in [3.63, 3.8) is 0 Å². The smallest absolute Gasteiger partial charge is 0.328 e. The number of unbranched alkanes of at least 4 members (excludes halogenated alkanes) is 6. The highest BCUT2D eigenvalue weighted by molar-refractivity contribution is 5.98. The molecule has 418 valence electrons. The van der Waals surface area contributed by atoms with E-state index < -0.39 is 133 Å². The van der Waals surface area contributed by atoms with Crippen LogP contribution in [0.2, 0.25) is 0 Å². The third kappa shape index (κ3) is 28.1. The van der Waals surface area contributed by atoms with Gasteiger partial charge in [0, 0.05) is 6.42 Å². The van der Waals surface area contributed by atoms with Crippen LogP contribution >= 0.6 is 0 Å². The van der Waals surface area contributed by atoms with Gasteiger partial charge in [-0.05, 0) is 80.5 Å². The number of nitrogens with one attached hydrogen (secondary N) is 7. The number of hydrogen-bond acceptors (Lipinski definition) is 11. The summed E-state index contributed by atoms with van der Waals surface area (Å²) in [4.78, 5) is 137. The van der Waals surface area contributed by atoms with Gasteiger partial charge in [-0.1, -0.05) is 128 Å². The summed E-state index contributed by atoms with van der Waals surface area (Å²) < 4.78 is 6.04. The Balaban J connectivity index is 3.95. The van der Waals surface area contributed by atoms with Gasteiger partial charge in [-0.15, -0.1) is 0 Å². The molecule has 9 N–H and O–H groups in total. The van der Waals surface area contributed by atoms with E-state index >= 15 is 0 Å². The molecule has 0 aromatic rings. The van der Waals surface area contributed by atoms with Crippen LogP contribution in [0, 0.1) is 35.5 Å². The van der Waals surface area contributed by atoms with E-state index in [1.165, 1.54) is 0 Å². The lowest BCUT2D eigenvalue weighted by atomic mass is 9.98. The van der Waals surface area contributed by atoms with Crippen LogP contribution in [0.15, 0.2) is 0 Å². The van der Waals surface area contributed by atoms with Crippen molar-refractivity contribution in [1.29, 1.82) is 0 Å². The third-order valence-electron chi connectivity index (χ3n) is 12.4. The molecule has 20 heteroatoms. The minimum Gasteiger partial charge on any atom is -0.481 e. The minimum atomic E-state index is -1.72. The van der Waals surface area contributed by atoms with Crippen molar-refractivity contribution in [2.75, 3.05) is 0 Å². The Hall–Kier alpha value is -5.30. The van der Waals surface area contributed by atoms with E-state index in [9.17, 15) is 58.2 Å². The van der Waals surface area contributed by atoms with Crippen LogP contribution in [0.25, 0.3) is 0 Å². The second-order valence-electron chi connectivity index (χ2n) is 22.4. The molecule has 20 nitrogen and oxygen atoms in total. The monoisotopic (exact) mass is 1040 g/mol. The summed E-state index contributed by atoms with van der Waals surface area (Å²) in [5.41, 5.74) is 0. The molecule has 8 atom stereocenters. The second kappa shape index (κ2) is 34.2. The molecule has 1 aliphatic heterocycles. The Kier molecular flexibility index (Phi) is 30.8. The standard InChI is InChI=1S/C53H93N7O13/c1-30(2)20-18-16-14-13-15-17-19-21-36-28-43(61)54-37(22-23-44(62)63)47(66)55-38(24-31(3)4)48(67)57-40(26-33(7)8)51(70)60-46(35(11)12)52(71)58-41(29-45(64)65)50(69)56-39(25-32(5)6)49(68)59-42(27-34(9)10)53(72)73-36/h30-42,46H,13-29H2,1-12H3,(H,54,61)(H,55,66)(H,56,69)(H,57,67)(H,58,71)(H,59,68)(H,60,70)(H,62,63)(H,64,65)/t36?,37-,38?,39?,40+,41-,42-,46-/m0/s1. The maximum Gasteiger partial charge on any atom is 0.328 e. The summed E-state index contributed by atoms with van der Waals surface area (Å²) in [5, 5.41) is 37.9. The summed E-state index contributed by atoms with van der Waals surface area (Å²) >= 11 is 0. The first kappa shape index (κ1) is 65.7. The van der Waals surface area contributed by atoms with Crippen molar-refractivity contribution in [2.24, 2.45) is 35.5 Å². The number of aliphatic carboxylic acids is 2. The summed E-state index contributed by atoms with van der Waals surface area (Å²) in [6.45, 7) is 22.0. The highest BCUT2D eigenvalue weighted by Gasteiger charge is 2.37. The molecule has 1 heterocycles. The van der Waals surface area contributed by atoms with Crippen LogP contribution in [-0.4, -0.2) is 118 Å². The number of amides is 7. The molecule has 0 saturated carbocycles. The number of carboxylic acids is 2. The highest BCUT2D eigenvalue weighted by Crippen LogP contribution is 2.19. The van der Waals surface area contributed by atoms with E-state index in [2.05, 4.69) is 51.1 Å². The molecule has 7 amide bonds. The largest absolute Gasteiger partial charge is 0.481 e. The maximum atomic E-state index is 14.2. The fourth-order valence-electron chi connectivity index (χ4n) is 8.57. The number of carbonyl (C=O) groups is 10. The lowest BCUT2D eigenvalue weighted by molar-refractivity contribution is -0.155. The molecule has 1 rings (SSSR count). The number of carboxylic acid groups (broad SMARTS) is 2. The van der Waals surface area contributed by atoms with E-state index in [1.54, 1.807) is 55.4 Å². The van der Waals surface area contributed by atoms with Gasteiger partial charge in [0.1, 0.15) is 48.4 Å². The predicted molar refractivity (Wildman–Crippen MR) is 276 cm³/mol. The Labute approximate surface area is 434 Å². The molecule has 73 heavy (non-hydrogen) atoms. The molecular weight excluding hydrogens is 943 g/mol. The first-order valence-corrected chi connectivity index (χ1v) is 26.8. The first-order chi connectivity index (χ1) is 34.1. The number of rotatable bonds is 24. The zero-order valence-corrected chi connectivity index (χ0v) is 46.0. The van der Waals surface area contributed by atoms with E-state index in [4.69, 9.17) is 4.74 Å². The van der Waals surface area contributed by atoms with Gasteiger partial charge >= 0.3 is 17.9 Å². The van der Waals surface area contributed by atoms with Gasteiger partial charge in [0.2, 0.25) is 41.4 Å². The molecule has 0 aliphatic carbocycles. The number of ether oxygens (including phenoxy) is 1. The van der Waals surface area contributed by atoms with Gasteiger partial charge in [0.25, 0.3) is 0 Å². The SMILES string of the molecule is CC(C)CCCCCCCCCC1CC(=O)N[C@@H](CCC(=O)O)C(=O)NC(CC(C)C)C(=O)N[C@H](CC(C)C)C(=O)N[C@@H](C(C)C)C(=O)N[C@@H](CC(=O)O)C(=O)NC(CC(C)C)C(=O)N[C@@H](CC(C)C)C(=O)O1. The van der Waals surface area contributed by atoms with Crippen LogP contribution in [0.3, 0.4) is 0 Å². The molecule has 0 radical (unpaired) electrons. The van der Waals surface area contributed by atoms with Crippen LogP contribution in [0.5, 0.6) is 0 Å². The summed E-state index contributed by atoms with van der Waals surface area (Å²) in [6, 6.07) is -9.64. The van der Waals surface area contributed by atoms with Gasteiger partial charge in [-0.3, -0.25) is 43.2 Å². The van der Waals surface area contributed by atoms with E-state index in [0.29, 0.717) is 12.3 Å². The molecule has 0 aromatic carbocycles. The van der Waals surface area contributed by atoms with Gasteiger partial charge in [-0.25, -0.2) is 4.79 Å². The number of esters is 1. The van der Waals surface area contributed by atoms with E-state index in [1.807, 2.05) is 13.8 Å². The molecule has 0 spiro atoms. The minimum absolute atomic E-state index is 0.0393. The van der Waals surface area contributed by atoms with Crippen LogP contribution in [0.4, 0.5) is 0 Å². The van der Waals surface area contributed by atoms with Crippen molar-refractivity contribution in [2.45, 2.75) is 241 Å². The molecule has 0 aromatic heterocycles. The zero-order valence-electron chi connectivity index (χ0n) is 46.0. The van der Waals surface area contributed by atoms with Crippen molar-refractivity contribution in [1.82, 2.24) is 37.2 Å². The van der Waals surface area contributed by atoms with Crippen molar-refractivity contribution in [3.8, 4) is 0 Å². The van der Waals surface area contributed by atoms with Crippen LogP contribution in [-0.2, 0) is 52.7 Å². The second-order valence-corrected chi connectivity index (χ2v) is 22.4. The number of hydrogen-bond donors (Lipinski definition) is 9. The third-order valence-corrected chi connectivity index (χ3v) is 12.4. The predicted octanol–water partition coefficient (Wildman–Crippen LogP) is 5.04. The topological polar surface area (TPSA) is 305 Å². The Bertz CT molecular complexity index is 1800. The molecule has 0 bridgehead atoms. The van der Waals surface area contributed by atoms with Gasteiger partial charge in [0.15, 0.2) is 0 Å². The average molecular weight is 1040 g/mol. The van der Waals surface area contributed by atoms with Crippen LogP contribution < -0.4 is 37.2 Å². The van der Waals surface area contributed by atoms with Crippen molar-refractivity contribution >= 4 is 59.3 Å². The van der Waals surface area contributed by atoms with E-state index in [-0.39, 0.29) is 62.2 Å². The zero-order chi connectivity index (χ0) is 55.5. The van der Waals surface area contributed by atoms with Crippen molar-refractivity contribution < 1.29 is 62.9 Å². The fourth-order valence-corrected chi connectivity index (χ4v) is 8.57. The Morgan fingerprint density at radius 2 is 0.849 bits per heavy atom. The molecular formula is C53H93N7O13.